The van der Waals surface area contributed by atoms with Crippen molar-refractivity contribution >= 4 is 11.4 Å². The van der Waals surface area contributed by atoms with E-state index in [1.165, 1.54) is 0 Å². The molecule has 0 saturated carbocycles. The zero-order chi connectivity index (χ0) is 14.7. The van der Waals surface area contributed by atoms with Gasteiger partial charge in [-0.25, -0.2) is 0 Å². The maximum absolute atomic E-state index is 10.8. The summed E-state index contributed by atoms with van der Waals surface area (Å²) in [6.07, 6.45) is 0. The Balaban J connectivity index is 2.51. The predicted molar refractivity (Wildman–Crippen MR) is 67.9 cm³/mol. The van der Waals surface area contributed by atoms with Crippen molar-refractivity contribution in [1.82, 2.24) is 0 Å². The van der Waals surface area contributed by atoms with Crippen molar-refractivity contribution in [3.63, 3.8) is 0 Å². The summed E-state index contributed by atoms with van der Waals surface area (Å²) in [5.74, 6) is -0.820. The molecule has 0 atom stereocenters. The minimum Gasteiger partial charge on any atom is -0.499 e. The molecule has 8 heteroatoms. The molecule has 20 heavy (non-hydrogen) atoms. The number of nitro benzene ring substituents is 2. The molecular weight excluding hydrogens is 268 g/mol. The largest absolute Gasteiger partial charge is 0.499 e. The van der Waals surface area contributed by atoms with Gasteiger partial charge in [0.1, 0.15) is 5.75 Å². The highest BCUT2D eigenvalue weighted by molar-refractivity contribution is 5.62. The molecule has 102 valence electrons. The van der Waals surface area contributed by atoms with Crippen LogP contribution in [0.1, 0.15) is 0 Å². The van der Waals surface area contributed by atoms with Crippen molar-refractivity contribution in [2.24, 2.45) is 0 Å². The smallest absolute Gasteiger partial charge is 0.321 e. The van der Waals surface area contributed by atoms with Crippen LogP contribution in [-0.4, -0.2) is 15.0 Å². The minimum atomic E-state index is -0.916. The summed E-state index contributed by atoms with van der Waals surface area (Å²) in [6.45, 7) is 0. The summed E-state index contributed by atoms with van der Waals surface area (Å²) in [5.41, 5.74) is -1.33. The van der Waals surface area contributed by atoms with E-state index in [-0.39, 0.29) is 11.5 Å². The third kappa shape index (κ3) is 2.64. The van der Waals surface area contributed by atoms with E-state index in [0.29, 0.717) is 6.07 Å². The number of para-hydroxylation sites is 1. The van der Waals surface area contributed by atoms with Gasteiger partial charge in [-0.05, 0) is 12.1 Å². The summed E-state index contributed by atoms with van der Waals surface area (Å²) in [6, 6.07) is 9.72. The summed E-state index contributed by atoms with van der Waals surface area (Å²) in [5, 5.41) is 31.2. The third-order valence-corrected chi connectivity index (χ3v) is 2.42. The molecule has 0 heterocycles. The zero-order valence-electron chi connectivity index (χ0n) is 9.92. The summed E-state index contributed by atoms with van der Waals surface area (Å²) < 4.78 is 5.23. The number of phenolic OH excluding ortho intramolecular Hbond substituents is 1. The Labute approximate surface area is 112 Å². The molecule has 0 aliphatic heterocycles. The van der Waals surface area contributed by atoms with E-state index in [0.717, 1.165) is 6.07 Å². The molecule has 0 saturated heterocycles. The van der Waals surface area contributed by atoms with Crippen molar-refractivity contribution in [2.45, 2.75) is 0 Å². The molecule has 0 aliphatic rings. The molecule has 0 spiro atoms. The van der Waals surface area contributed by atoms with Crippen LogP contribution in [0.4, 0.5) is 11.4 Å². The lowest BCUT2D eigenvalue weighted by Gasteiger charge is -2.07. The number of phenols is 1. The second kappa shape index (κ2) is 5.22. The Morgan fingerprint density at radius 2 is 1.65 bits per heavy atom. The van der Waals surface area contributed by atoms with Crippen molar-refractivity contribution in [3.8, 4) is 17.2 Å². The number of aromatic hydroxyl groups is 1. The first-order chi connectivity index (χ1) is 9.49. The summed E-state index contributed by atoms with van der Waals surface area (Å²) >= 11 is 0. The first-order valence-electron chi connectivity index (χ1n) is 5.37. The van der Waals surface area contributed by atoms with E-state index in [1.807, 2.05) is 0 Å². The van der Waals surface area contributed by atoms with Crippen LogP contribution in [-0.2, 0) is 0 Å². The van der Waals surface area contributed by atoms with Gasteiger partial charge in [0.15, 0.2) is 5.75 Å². The first kappa shape index (κ1) is 13.3. The maximum Gasteiger partial charge on any atom is 0.321 e. The standard InChI is InChI=1S/C12H8N2O6/c15-12-10(14(18)19)6-8(13(16)17)7-11(12)20-9-4-2-1-3-5-9/h1-7,15H. The zero-order valence-corrected chi connectivity index (χ0v) is 9.92. The highest BCUT2D eigenvalue weighted by Crippen LogP contribution is 2.41. The van der Waals surface area contributed by atoms with Crippen LogP contribution < -0.4 is 4.74 Å². The fourth-order valence-corrected chi connectivity index (χ4v) is 1.52. The predicted octanol–water partition coefficient (Wildman–Crippen LogP) is 3.00. The van der Waals surface area contributed by atoms with Crippen molar-refractivity contribution in [1.29, 1.82) is 0 Å². The average molecular weight is 276 g/mol. The van der Waals surface area contributed by atoms with Crippen molar-refractivity contribution in [3.05, 3.63) is 62.7 Å². The van der Waals surface area contributed by atoms with Gasteiger partial charge in [0.2, 0.25) is 5.75 Å². The van der Waals surface area contributed by atoms with Crippen molar-refractivity contribution < 1.29 is 19.7 Å². The van der Waals surface area contributed by atoms with Crippen LogP contribution in [0.15, 0.2) is 42.5 Å². The lowest BCUT2D eigenvalue weighted by Crippen LogP contribution is -1.95. The molecule has 0 amide bonds. The third-order valence-electron chi connectivity index (χ3n) is 2.42. The monoisotopic (exact) mass is 276 g/mol. The quantitative estimate of drug-likeness (QED) is 0.677. The molecule has 8 nitrogen and oxygen atoms in total. The van der Waals surface area contributed by atoms with Crippen LogP contribution in [0.2, 0.25) is 0 Å². The van der Waals surface area contributed by atoms with E-state index in [4.69, 9.17) is 4.74 Å². The molecule has 0 fully saturated rings. The highest BCUT2D eigenvalue weighted by atomic mass is 16.6. The van der Waals surface area contributed by atoms with Gasteiger partial charge in [0.25, 0.3) is 5.69 Å². The fraction of sp³-hybridized carbons (Fsp3) is 0. The molecule has 2 aromatic carbocycles. The number of ether oxygens (including phenoxy) is 1. The van der Waals surface area contributed by atoms with Crippen LogP contribution in [0, 0.1) is 20.2 Å². The molecular formula is C12H8N2O6. The lowest BCUT2D eigenvalue weighted by atomic mass is 10.2. The number of hydrogen-bond acceptors (Lipinski definition) is 6. The molecule has 2 rings (SSSR count). The molecule has 0 aliphatic carbocycles. The van der Waals surface area contributed by atoms with Gasteiger partial charge in [-0.15, -0.1) is 0 Å². The van der Waals surface area contributed by atoms with E-state index in [9.17, 15) is 25.3 Å². The SMILES string of the molecule is O=[N+]([O-])c1cc(Oc2ccccc2)c(O)c([N+](=O)[O-])c1. The van der Waals surface area contributed by atoms with Gasteiger partial charge in [0, 0.05) is 0 Å². The van der Waals surface area contributed by atoms with Gasteiger partial charge in [-0.3, -0.25) is 20.2 Å². The van der Waals surface area contributed by atoms with Crippen LogP contribution in [0.3, 0.4) is 0 Å². The van der Waals surface area contributed by atoms with E-state index in [2.05, 4.69) is 0 Å². The Kier molecular flexibility index (Phi) is 3.47. The van der Waals surface area contributed by atoms with Gasteiger partial charge in [-0.1, -0.05) is 18.2 Å². The Morgan fingerprint density at radius 3 is 2.20 bits per heavy atom. The Hall–Kier alpha value is -3.16. The minimum absolute atomic E-state index is 0.289. The van der Waals surface area contributed by atoms with Gasteiger partial charge in [-0.2, -0.15) is 0 Å². The molecule has 0 radical (unpaired) electrons. The molecule has 0 aromatic heterocycles. The van der Waals surface area contributed by atoms with E-state index < -0.39 is 27.0 Å². The van der Waals surface area contributed by atoms with Gasteiger partial charge < -0.3 is 9.84 Å². The number of rotatable bonds is 4. The lowest BCUT2D eigenvalue weighted by molar-refractivity contribution is -0.394. The van der Waals surface area contributed by atoms with Crippen LogP contribution in [0.25, 0.3) is 0 Å². The fourth-order valence-electron chi connectivity index (χ4n) is 1.52. The number of nitrogens with zero attached hydrogens (tertiary/aromatic N) is 2. The topological polar surface area (TPSA) is 116 Å². The molecule has 2 aromatic rings. The number of non-ortho nitro benzene ring substituents is 1. The van der Waals surface area contributed by atoms with E-state index >= 15 is 0 Å². The average Bonchev–Trinajstić information content (AvgIpc) is 2.41. The summed E-state index contributed by atoms with van der Waals surface area (Å²) in [4.78, 5) is 19.8. The maximum atomic E-state index is 10.8. The molecule has 0 bridgehead atoms. The normalized spacial score (nSPS) is 10.0. The Morgan fingerprint density at radius 1 is 1.00 bits per heavy atom. The first-order valence-corrected chi connectivity index (χ1v) is 5.37. The van der Waals surface area contributed by atoms with Crippen LogP contribution >= 0.6 is 0 Å². The van der Waals surface area contributed by atoms with Crippen LogP contribution in [0.5, 0.6) is 17.2 Å². The number of nitro groups is 2. The second-order valence-corrected chi connectivity index (χ2v) is 3.74. The summed E-state index contributed by atoms with van der Waals surface area (Å²) in [7, 11) is 0. The Bertz CT molecular complexity index is 671. The molecule has 1 N–H and O–H groups in total. The van der Waals surface area contributed by atoms with Gasteiger partial charge >= 0.3 is 5.69 Å². The number of hydrogen-bond donors (Lipinski definition) is 1. The molecule has 0 unspecified atom stereocenters. The second-order valence-electron chi connectivity index (χ2n) is 3.74. The van der Waals surface area contributed by atoms with E-state index in [1.54, 1.807) is 30.3 Å². The highest BCUT2D eigenvalue weighted by Gasteiger charge is 2.25. The van der Waals surface area contributed by atoms with Crippen molar-refractivity contribution in [2.75, 3.05) is 0 Å². The van der Waals surface area contributed by atoms with Gasteiger partial charge in [0.05, 0.1) is 22.0 Å². The number of benzene rings is 2.